The number of hydrogen-bond acceptors (Lipinski definition) is 3. The molecule has 1 aliphatic carbocycles. The van der Waals surface area contributed by atoms with Crippen LogP contribution in [0.1, 0.15) is 18.4 Å². The lowest BCUT2D eigenvalue weighted by Crippen LogP contribution is -2.39. The maximum atomic E-state index is 13.2. The zero-order valence-electron chi connectivity index (χ0n) is 10.3. The number of nitrogens with two attached hydrogens (primary N) is 1. The van der Waals surface area contributed by atoms with Crippen LogP contribution in [0.5, 0.6) is 0 Å². The molecular weight excluding hydrogens is 298 g/mol. The molecule has 0 heterocycles. The predicted molar refractivity (Wildman–Crippen MR) is 64.2 cm³/mol. The third kappa shape index (κ3) is 2.80. The van der Waals surface area contributed by atoms with E-state index in [1.807, 2.05) is 0 Å². The second-order valence-corrected chi connectivity index (χ2v) is 7.14. The van der Waals surface area contributed by atoms with Gasteiger partial charge in [0.2, 0.25) is 0 Å². The molecule has 0 unspecified atom stereocenters. The molecule has 0 bridgehead atoms. The molecule has 1 saturated carbocycles. The van der Waals surface area contributed by atoms with Crippen molar-refractivity contribution in [1.82, 2.24) is 0 Å². The summed E-state index contributed by atoms with van der Waals surface area (Å²) < 4.78 is 75.2. The Balaban J connectivity index is 2.36. The van der Waals surface area contributed by atoms with E-state index in [1.165, 1.54) is 0 Å². The summed E-state index contributed by atoms with van der Waals surface area (Å²) in [5, 5.41) is -0.779. The van der Waals surface area contributed by atoms with Gasteiger partial charge in [0.25, 0.3) is 0 Å². The van der Waals surface area contributed by atoms with Crippen molar-refractivity contribution in [2.75, 3.05) is 6.54 Å². The lowest BCUT2D eigenvalue weighted by molar-refractivity contribution is -0.137. The average molecular weight is 311 g/mol. The van der Waals surface area contributed by atoms with Crippen molar-refractivity contribution in [2.24, 2.45) is 11.7 Å². The van der Waals surface area contributed by atoms with E-state index in [-0.39, 0.29) is 12.0 Å². The zero-order chi connectivity index (χ0) is 15.1. The van der Waals surface area contributed by atoms with Crippen LogP contribution in [0.4, 0.5) is 17.6 Å². The normalized spacial score (nSPS) is 23.4. The molecule has 1 aliphatic rings. The first-order valence-electron chi connectivity index (χ1n) is 5.96. The van der Waals surface area contributed by atoms with E-state index in [1.54, 1.807) is 0 Å². The monoisotopic (exact) mass is 311 g/mol. The maximum Gasteiger partial charge on any atom is 0.416 e. The molecule has 2 N–H and O–H groups in total. The number of halogens is 4. The standard InChI is InChI=1S/C12H13F4NO2S/c13-9-3-8(12(14,15)16)4-11(5-9)20(18,19)10-1-7(2-10)6-17/h3-5,7,10H,1-2,6,17H2/t7-,10-. The largest absolute Gasteiger partial charge is 0.416 e. The highest BCUT2D eigenvalue weighted by molar-refractivity contribution is 7.92. The summed E-state index contributed by atoms with van der Waals surface area (Å²) in [6.07, 6.45) is -4.18. The number of hydrogen-bond donors (Lipinski definition) is 1. The van der Waals surface area contributed by atoms with Gasteiger partial charge in [0.15, 0.2) is 9.84 Å². The van der Waals surface area contributed by atoms with Gasteiger partial charge in [-0.05, 0) is 43.5 Å². The van der Waals surface area contributed by atoms with E-state index in [2.05, 4.69) is 0 Å². The molecule has 20 heavy (non-hydrogen) atoms. The molecule has 0 aliphatic heterocycles. The molecule has 0 atom stereocenters. The molecule has 0 spiro atoms. The number of alkyl halides is 3. The SMILES string of the molecule is NC[C@H]1C[C@H](S(=O)(=O)c2cc(F)cc(C(F)(F)F)c2)C1. The van der Waals surface area contributed by atoms with Crippen molar-refractivity contribution >= 4 is 9.84 Å². The minimum absolute atomic E-state index is 0.0606. The highest BCUT2D eigenvalue weighted by Crippen LogP contribution is 2.37. The first kappa shape index (κ1) is 15.2. The summed E-state index contributed by atoms with van der Waals surface area (Å²) in [7, 11) is -3.95. The minimum Gasteiger partial charge on any atom is -0.330 e. The van der Waals surface area contributed by atoms with Crippen molar-refractivity contribution in [1.29, 1.82) is 0 Å². The van der Waals surface area contributed by atoms with Crippen molar-refractivity contribution in [3.63, 3.8) is 0 Å². The van der Waals surface area contributed by atoms with Crippen LogP contribution in [0, 0.1) is 11.7 Å². The average Bonchev–Trinajstić information content (AvgIpc) is 2.25. The lowest BCUT2D eigenvalue weighted by atomic mass is 9.85. The summed E-state index contributed by atoms with van der Waals surface area (Å²) in [5.41, 5.74) is 4.08. The Morgan fingerprint density at radius 1 is 1.20 bits per heavy atom. The second-order valence-electron chi connectivity index (χ2n) is 4.91. The van der Waals surface area contributed by atoms with E-state index in [4.69, 9.17) is 5.73 Å². The smallest absolute Gasteiger partial charge is 0.330 e. The van der Waals surface area contributed by atoms with Gasteiger partial charge in [0.1, 0.15) is 5.82 Å². The fourth-order valence-electron chi connectivity index (χ4n) is 2.20. The quantitative estimate of drug-likeness (QED) is 0.872. The minimum atomic E-state index is -4.79. The van der Waals surface area contributed by atoms with Gasteiger partial charge in [-0.3, -0.25) is 0 Å². The first-order chi connectivity index (χ1) is 9.14. The topological polar surface area (TPSA) is 60.2 Å². The van der Waals surface area contributed by atoms with E-state index in [0.29, 0.717) is 31.5 Å². The predicted octanol–water partition coefficient (Wildman–Crippen LogP) is 2.36. The van der Waals surface area contributed by atoms with Gasteiger partial charge in [-0.1, -0.05) is 0 Å². The Morgan fingerprint density at radius 3 is 2.30 bits per heavy atom. The van der Waals surface area contributed by atoms with Crippen LogP contribution in [-0.2, 0) is 16.0 Å². The van der Waals surface area contributed by atoms with Gasteiger partial charge in [-0.25, -0.2) is 12.8 Å². The third-order valence-corrected chi connectivity index (χ3v) is 5.65. The van der Waals surface area contributed by atoms with Gasteiger partial charge in [0.05, 0.1) is 15.7 Å². The van der Waals surface area contributed by atoms with Crippen molar-refractivity contribution in [2.45, 2.75) is 29.2 Å². The number of rotatable bonds is 3. The Hall–Kier alpha value is -1.15. The van der Waals surface area contributed by atoms with Crippen LogP contribution in [-0.4, -0.2) is 20.2 Å². The maximum absolute atomic E-state index is 13.2. The van der Waals surface area contributed by atoms with Crippen LogP contribution in [0.2, 0.25) is 0 Å². The molecule has 1 aromatic carbocycles. The van der Waals surface area contributed by atoms with E-state index in [9.17, 15) is 26.0 Å². The van der Waals surface area contributed by atoms with Crippen LogP contribution in [0.25, 0.3) is 0 Å². The molecule has 1 aromatic rings. The second kappa shape index (κ2) is 5.00. The highest BCUT2D eigenvalue weighted by Gasteiger charge is 2.40. The lowest BCUT2D eigenvalue weighted by Gasteiger charge is -2.33. The van der Waals surface area contributed by atoms with Gasteiger partial charge >= 0.3 is 6.18 Å². The van der Waals surface area contributed by atoms with E-state index in [0.717, 1.165) is 0 Å². The van der Waals surface area contributed by atoms with Crippen LogP contribution in [0.3, 0.4) is 0 Å². The zero-order valence-corrected chi connectivity index (χ0v) is 11.1. The molecule has 8 heteroatoms. The van der Waals surface area contributed by atoms with Crippen LogP contribution >= 0.6 is 0 Å². The Bertz CT molecular complexity index is 606. The van der Waals surface area contributed by atoms with Crippen LogP contribution in [0.15, 0.2) is 23.1 Å². The molecule has 1 fully saturated rings. The molecule has 3 nitrogen and oxygen atoms in total. The third-order valence-electron chi connectivity index (χ3n) is 3.49. The van der Waals surface area contributed by atoms with Gasteiger partial charge < -0.3 is 5.73 Å². The summed E-state index contributed by atoms with van der Waals surface area (Å²) >= 11 is 0. The summed E-state index contributed by atoms with van der Waals surface area (Å²) in [4.78, 5) is -0.620. The first-order valence-corrected chi connectivity index (χ1v) is 7.51. The van der Waals surface area contributed by atoms with Crippen LogP contribution < -0.4 is 5.73 Å². The molecule has 0 radical (unpaired) electrons. The highest BCUT2D eigenvalue weighted by atomic mass is 32.2. The fraction of sp³-hybridized carbons (Fsp3) is 0.500. The molecular formula is C12H13F4NO2S. The summed E-state index contributed by atoms with van der Waals surface area (Å²) in [5.74, 6) is -1.15. The summed E-state index contributed by atoms with van der Waals surface area (Å²) in [6, 6.07) is 1.39. The molecule has 112 valence electrons. The van der Waals surface area contributed by atoms with Crippen molar-refractivity contribution in [3.05, 3.63) is 29.6 Å². The van der Waals surface area contributed by atoms with E-state index < -0.39 is 37.5 Å². The Morgan fingerprint density at radius 2 is 1.80 bits per heavy atom. The van der Waals surface area contributed by atoms with Crippen molar-refractivity contribution < 1.29 is 26.0 Å². The van der Waals surface area contributed by atoms with Gasteiger partial charge in [-0.15, -0.1) is 0 Å². The molecule has 0 amide bonds. The Labute approximate surface area is 113 Å². The van der Waals surface area contributed by atoms with Crippen molar-refractivity contribution in [3.8, 4) is 0 Å². The number of sulfone groups is 1. The Kier molecular flexibility index (Phi) is 3.81. The fourth-order valence-corrected chi connectivity index (χ4v) is 4.21. The number of benzene rings is 1. The van der Waals surface area contributed by atoms with Gasteiger partial charge in [0, 0.05) is 0 Å². The van der Waals surface area contributed by atoms with Gasteiger partial charge in [-0.2, -0.15) is 13.2 Å². The van der Waals surface area contributed by atoms with E-state index >= 15 is 0 Å². The molecule has 2 rings (SSSR count). The molecule has 0 aromatic heterocycles. The molecule has 0 saturated heterocycles. The summed E-state index contributed by atoms with van der Waals surface area (Å²) in [6.45, 7) is 0.336.